The number of benzene rings is 1. The largest absolute Gasteiger partial charge is 0.456 e. The lowest BCUT2D eigenvalue weighted by molar-refractivity contribution is -0.136. The molecule has 0 spiro atoms. The third kappa shape index (κ3) is 4.71. The van der Waals surface area contributed by atoms with Crippen LogP contribution >= 0.6 is 0 Å². The molecule has 0 radical (unpaired) electrons. The lowest BCUT2D eigenvalue weighted by Gasteiger charge is -2.33. The second kappa shape index (κ2) is 9.18. The number of anilines is 1. The minimum Gasteiger partial charge on any atom is -0.456 e. The van der Waals surface area contributed by atoms with E-state index >= 15 is 0 Å². The molecule has 1 atom stereocenters. The van der Waals surface area contributed by atoms with Gasteiger partial charge in [-0.3, -0.25) is 14.4 Å². The number of likely N-dealkylation sites (tertiary alicyclic amines) is 1. The number of rotatable bonds is 5. The molecule has 2 aliphatic heterocycles. The standard InChI is InChI=1S/C25H31N3O4/c1-16(2)18-5-4-6-21(13-18)28-15-19(14-23(28)29)25(31)27-11-9-20(10-12-27)26-24(30)22-8-7-17(3)32-22/h4-8,13,16,19-20H,9-12,14-15H2,1-3H3,(H,26,30). The van der Waals surface area contributed by atoms with Crippen LogP contribution in [-0.4, -0.2) is 48.3 Å². The van der Waals surface area contributed by atoms with Crippen LogP contribution in [0.3, 0.4) is 0 Å². The van der Waals surface area contributed by atoms with E-state index in [1.54, 1.807) is 24.0 Å². The molecule has 1 aromatic carbocycles. The third-order valence-electron chi connectivity index (χ3n) is 6.43. The predicted molar refractivity (Wildman–Crippen MR) is 122 cm³/mol. The average Bonchev–Trinajstić information content (AvgIpc) is 3.39. The van der Waals surface area contributed by atoms with Gasteiger partial charge in [0.2, 0.25) is 11.8 Å². The molecule has 2 aliphatic rings. The Morgan fingerprint density at radius 3 is 2.53 bits per heavy atom. The van der Waals surface area contributed by atoms with E-state index in [9.17, 15) is 14.4 Å². The maximum Gasteiger partial charge on any atom is 0.287 e. The second-order valence-corrected chi connectivity index (χ2v) is 9.14. The topological polar surface area (TPSA) is 82.9 Å². The summed E-state index contributed by atoms with van der Waals surface area (Å²) in [6.07, 6.45) is 1.63. The number of nitrogens with zero attached hydrogens (tertiary/aromatic N) is 2. The van der Waals surface area contributed by atoms with Gasteiger partial charge in [0.15, 0.2) is 5.76 Å². The van der Waals surface area contributed by atoms with E-state index < -0.39 is 0 Å². The van der Waals surface area contributed by atoms with E-state index in [4.69, 9.17) is 4.42 Å². The van der Waals surface area contributed by atoms with Crippen LogP contribution in [0.4, 0.5) is 5.69 Å². The van der Waals surface area contributed by atoms with Gasteiger partial charge < -0.3 is 19.5 Å². The summed E-state index contributed by atoms with van der Waals surface area (Å²) in [4.78, 5) is 41.6. The van der Waals surface area contributed by atoms with Gasteiger partial charge in [-0.25, -0.2) is 0 Å². The number of hydrogen-bond donors (Lipinski definition) is 1. The molecule has 7 nitrogen and oxygen atoms in total. The molecule has 3 heterocycles. The zero-order valence-corrected chi connectivity index (χ0v) is 19.0. The fourth-order valence-corrected chi connectivity index (χ4v) is 4.49. The van der Waals surface area contributed by atoms with Crippen molar-refractivity contribution < 1.29 is 18.8 Å². The first-order valence-electron chi connectivity index (χ1n) is 11.4. The van der Waals surface area contributed by atoms with Gasteiger partial charge in [0.25, 0.3) is 5.91 Å². The van der Waals surface area contributed by atoms with Gasteiger partial charge in [-0.1, -0.05) is 26.0 Å². The van der Waals surface area contributed by atoms with Gasteiger partial charge in [0.1, 0.15) is 5.76 Å². The van der Waals surface area contributed by atoms with Crippen molar-refractivity contribution in [1.82, 2.24) is 10.2 Å². The summed E-state index contributed by atoms with van der Waals surface area (Å²) in [6, 6.07) is 11.5. The molecule has 2 saturated heterocycles. The van der Waals surface area contributed by atoms with Gasteiger partial charge in [-0.05, 0) is 55.5 Å². The Kier molecular flexibility index (Phi) is 6.35. The zero-order valence-electron chi connectivity index (χ0n) is 19.0. The zero-order chi connectivity index (χ0) is 22.8. The van der Waals surface area contributed by atoms with Gasteiger partial charge in [-0.15, -0.1) is 0 Å². The molecule has 0 bridgehead atoms. The molecule has 2 fully saturated rings. The second-order valence-electron chi connectivity index (χ2n) is 9.14. The Hall–Kier alpha value is -3.09. The highest BCUT2D eigenvalue weighted by Crippen LogP contribution is 2.29. The van der Waals surface area contributed by atoms with Crippen molar-refractivity contribution in [3.63, 3.8) is 0 Å². The van der Waals surface area contributed by atoms with E-state index in [0.29, 0.717) is 49.9 Å². The van der Waals surface area contributed by atoms with Crippen LogP contribution < -0.4 is 10.2 Å². The van der Waals surface area contributed by atoms with Crippen molar-refractivity contribution in [2.24, 2.45) is 5.92 Å². The molecule has 4 rings (SSSR count). The van der Waals surface area contributed by atoms with E-state index in [-0.39, 0.29) is 36.1 Å². The number of piperidine rings is 1. The van der Waals surface area contributed by atoms with Crippen LogP contribution in [0.5, 0.6) is 0 Å². The van der Waals surface area contributed by atoms with Crippen molar-refractivity contribution in [3.05, 3.63) is 53.5 Å². The number of furan rings is 1. The Bertz CT molecular complexity index is 1000. The highest BCUT2D eigenvalue weighted by molar-refractivity contribution is 6.00. The van der Waals surface area contributed by atoms with Crippen LogP contribution in [0.2, 0.25) is 0 Å². The van der Waals surface area contributed by atoms with Crippen LogP contribution in [-0.2, 0) is 9.59 Å². The Morgan fingerprint density at radius 2 is 1.88 bits per heavy atom. The highest BCUT2D eigenvalue weighted by atomic mass is 16.3. The Morgan fingerprint density at radius 1 is 1.12 bits per heavy atom. The van der Waals surface area contributed by atoms with Crippen molar-refractivity contribution in [2.75, 3.05) is 24.5 Å². The summed E-state index contributed by atoms with van der Waals surface area (Å²) in [5.41, 5.74) is 2.05. The number of carbonyl (C=O) groups is 3. The Labute approximate surface area is 188 Å². The van der Waals surface area contributed by atoms with Crippen LogP contribution in [0.1, 0.15) is 60.9 Å². The summed E-state index contributed by atoms with van der Waals surface area (Å²) in [7, 11) is 0. The lowest BCUT2D eigenvalue weighted by atomic mass is 10.0. The van der Waals surface area contributed by atoms with E-state index in [1.807, 2.05) is 23.1 Å². The maximum absolute atomic E-state index is 13.1. The fourth-order valence-electron chi connectivity index (χ4n) is 4.49. The van der Waals surface area contributed by atoms with Crippen LogP contribution in [0.15, 0.2) is 40.8 Å². The molecule has 0 aliphatic carbocycles. The third-order valence-corrected chi connectivity index (χ3v) is 6.43. The summed E-state index contributed by atoms with van der Waals surface area (Å²) in [6.45, 7) is 7.63. The summed E-state index contributed by atoms with van der Waals surface area (Å²) in [5, 5.41) is 2.99. The maximum atomic E-state index is 13.1. The number of hydrogen-bond acceptors (Lipinski definition) is 4. The molecule has 1 N–H and O–H groups in total. The van der Waals surface area contributed by atoms with Crippen molar-refractivity contribution >= 4 is 23.4 Å². The molecular weight excluding hydrogens is 406 g/mol. The number of aryl methyl sites for hydroxylation is 1. The van der Waals surface area contributed by atoms with Gasteiger partial charge in [0, 0.05) is 37.8 Å². The smallest absolute Gasteiger partial charge is 0.287 e. The average molecular weight is 438 g/mol. The molecule has 32 heavy (non-hydrogen) atoms. The first kappa shape index (κ1) is 22.1. The van der Waals surface area contributed by atoms with E-state index in [1.165, 1.54) is 5.56 Å². The van der Waals surface area contributed by atoms with Crippen LogP contribution in [0.25, 0.3) is 0 Å². The highest BCUT2D eigenvalue weighted by Gasteiger charge is 2.38. The summed E-state index contributed by atoms with van der Waals surface area (Å²) in [5.74, 6) is 0.890. The minimum atomic E-state index is -0.317. The predicted octanol–water partition coefficient (Wildman–Crippen LogP) is 3.49. The molecule has 1 unspecified atom stereocenters. The summed E-state index contributed by atoms with van der Waals surface area (Å²) >= 11 is 0. The van der Waals surface area contributed by atoms with Gasteiger partial charge >= 0.3 is 0 Å². The number of nitrogens with one attached hydrogen (secondary N) is 1. The van der Waals surface area contributed by atoms with Crippen molar-refractivity contribution in [3.8, 4) is 0 Å². The number of carbonyl (C=O) groups excluding carboxylic acids is 3. The summed E-state index contributed by atoms with van der Waals surface area (Å²) < 4.78 is 5.38. The lowest BCUT2D eigenvalue weighted by Crippen LogP contribution is -2.48. The van der Waals surface area contributed by atoms with Crippen molar-refractivity contribution in [2.45, 2.75) is 52.0 Å². The molecule has 3 amide bonds. The fraction of sp³-hybridized carbons (Fsp3) is 0.480. The molecule has 7 heteroatoms. The van der Waals surface area contributed by atoms with Gasteiger partial charge in [-0.2, -0.15) is 0 Å². The molecule has 170 valence electrons. The normalized spacial score (nSPS) is 19.6. The van der Waals surface area contributed by atoms with Crippen molar-refractivity contribution in [1.29, 1.82) is 0 Å². The molecular formula is C25H31N3O4. The minimum absolute atomic E-state index is 0.000136. The monoisotopic (exact) mass is 437 g/mol. The Balaban J connectivity index is 1.31. The molecule has 0 saturated carbocycles. The molecule has 1 aromatic heterocycles. The van der Waals surface area contributed by atoms with Gasteiger partial charge in [0.05, 0.1) is 5.92 Å². The van der Waals surface area contributed by atoms with E-state index in [0.717, 1.165) is 5.69 Å². The first-order valence-corrected chi connectivity index (χ1v) is 11.4. The molecule has 2 aromatic rings. The first-order chi connectivity index (χ1) is 15.3. The van der Waals surface area contributed by atoms with Crippen LogP contribution in [0, 0.1) is 12.8 Å². The SMILES string of the molecule is Cc1ccc(C(=O)NC2CCN(C(=O)C3CC(=O)N(c4cccc(C(C)C)c4)C3)CC2)o1. The number of amides is 3. The quantitative estimate of drug-likeness (QED) is 0.776. The van der Waals surface area contributed by atoms with E-state index in [2.05, 4.69) is 25.2 Å².